The maximum Gasteiger partial charge on any atom is 0.0723 e. The quantitative estimate of drug-likeness (QED) is 0.706. The Balaban J connectivity index is 2.03. The largest absolute Gasteiger partial charge is 0.399 e. The molecule has 2 N–H and O–H groups in total. The van der Waals surface area contributed by atoms with E-state index in [-0.39, 0.29) is 0 Å². The van der Waals surface area contributed by atoms with Crippen molar-refractivity contribution < 1.29 is 0 Å². The monoisotopic (exact) mass is 247 g/mol. The molecule has 0 bridgehead atoms. The Morgan fingerprint density at radius 3 is 2.37 bits per heavy atom. The van der Waals surface area contributed by atoms with Crippen LogP contribution in [0.4, 0.5) is 5.69 Å². The zero-order valence-electron chi connectivity index (χ0n) is 10.3. The SMILES string of the molecule is Nc1ccc(-c2ccnc(-c3cccnc3)c2)cc1. The molecule has 0 aliphatic rings. The van der Waals surface area contributed by atoms with Gasteiger partial charge in [-0.1, -0.05) is 12.1 Å². The van der Waals surface area contributed by atoms with E-state index in [9.17, 15) is 0 Å². The van der Waals surface area contributed by atoms with Gasteiger partial charge >= 0.3 is 0 Å². The van der Waals surface area contributed by atoms with Gasteiger partial charge in [0.1, 0.15) is 0 Å². The highest BCUT2D eigenvalue weighted by atomic mass is 14.7. The molecule has 92 valence electrons. The number of anilines is 1. The van der Waals surface area contributed by atoms with E-state index in [4.69, 9.17) is 5.73 Å². The lowest BCUT2D eigenvalue weighted by atomic mass is 10.0. The summed E-state index contributed by atoms with van der Waals surface area (Å²) in [7, 11) is 0. The predicted molar refractivity (Wildman–Crippen MR) is 77.3 cm³/mol. The number of hydrogen-bond donors (Lipinski definition) is 1. The minimum Gasteiger partial charge on any atom is -0.399 e. The molecular weight excluding hydrogens is 234 g/mol. The normalized spacial score (nSPS) is 10.3. The third-order valence-electron chi connectivity index (χ3n) is 2.96. The van der Waals surface area contributed by atoms with Crippen molar-refractivity contribution >= 4 is 5.69 Å². The van der Waals surface area contributed by atoms with Crippen LogP contribution in [0.1, 0.15) is 0 Å². The summed E-state index contributed by atoms with van der Waals surface area (Å²) in [5.74, 6) is 0. The highest BCUT2D eigenvalue weighted by molar-refractivity contribution is 5.70. The van der Waals surface area contributed by atoms with E-state index < -0.39 is 0 Å². The fraction of sp³-hybridized carbons (Fsp3) is 0. The Labute approximate surface area is 111 Å². The van der Waals surface area contributed by atoms with Crippen molar-refractivity contribution in [2.24, 2.45) is 0 Å². The van der Waals surface area contributed by atoms with Gasteiger partial charge in [-0.25, -0.2) is 0 Å². The minimum atomic E-state index is 0.769. The summed E-state index contributed by atoms with van der Waals surface area (Å²) >= 11 is 0. The highest BCUT2D eigenvalue weighted by Gasteiger charge is 2.02. The molecule has 2 heterocycles. The lowest BCUT2D eigenvalue weighted by Gasteiger charge is -2.05. The Hall–Kier alpha value is -2.68. The smallest absolute Gasteiger partial charge is 0.0723 e. The number of nitrogens with two attached hydrogens (primary N) is 1. The van der Waals surface area contributed by atoms with Crippen LogP contribution in [0.2, 0.25) is 0 Å². The fourth-order valence-electron chi connectivity index (χ4n) is 1.96. The van der Waals surface area contributed by atoms with Crippen LogP contribution in [-0.2, 0) is 0 Å². The van der Waals surface area contributed by atoms with Crippen LogP contribution in [0.15, 0.2) is 67.1 Å². The van der Waals surface area contributed by atoms with E-state index >= 15 is 0 Å². The van der Waals surface area contributed by atoms with Crippen molar-refractivity contribution in [2.45, 2.75) is 0 Å². The van der Waals surface area contributed by atoms with Crippen LogP contribution in [-0.4, -0.2) is 9.97 Å². The van der Waals surface area contributed by atoms with Crippen molar-refractivity contribution in [2.75, 3.05) is 5.73 Å². The molecule has 1 aromatic carbocycles. The van der Waals surface area contributed by atoms with Crippen molar-refractivity contribution in [1.29, 1.82) is 0 Å². The first-order valence-corrected chi connectivity index (χ1v) is 6.05. The molecule has 0 spiro atoms. The topological polar surface area (TPSA) is 51.8 Å². The Bertz CT molecular complexity index is 676. The Morgan fingerprint density at radius 1 is 0.789 bits per heavy atom. The molecule has 0 atom stereocenters. The summed E-state index contributed by atoms with van der Waals surface area (Å²) in [6.07, 6.45) is 5.39. The average molecular weight is 247 g/mol. The van der Waals surface area contributed by atoms with Gasteiger partial charge in [0.25, 0.3) is 0 Å². The van der Waals surface area contributed by atoms with Crippen molar-refractivity contribution in [1.82, 2.24) is 9.97 Å². The number of rotatable bonds is 2. The zero-order valence-corrected chi connectivity index (χ0v) is 10.3. The standard InChI is InChI=1S/C16H13N3/c17-15-5-3-12(4-6-15)13-7-9-19-16(10-13)14-2-1-8-18-11-14/h1-11H,17H2. The van der Waals surface area contributed by atoms with Crippen LogP contribution in [0.5, 0.6) is 0 Å². The summed E-state index contributed by atoms with van der Waals surface area (Å²) in [4.78, 5) is 8.51. The molecule has 0 unspecified atom stereocenters. The van der Waals surface area contributed by atoms with Crippen molar-refractivity contribution in [3.8, 4) is 22.4 Å². The molecular formula is C16H13N3. The molecule has 19 heavy (non-hydrogen) atoms. The van der Waals surface area contributed by atoms with Crippen LogP contribution in [0, 0.1) is 0 Å². The van der Waals surface area contributed by atoms with E-state index in [1.54, 1.807) is 6.20 Å². The molecule has 2 aromatic heterocycles. The first-order chi connectivity index (χ1) is 9.33. The second-order valence-corrected chi connectivity index (χ2v) is 4.29. The number of pyridine rings is 2. The number of nitrogen functional groups attached to an aromatic ring is 1. The van der Waals surface area contributed by atoms with Gasteiger partial charge in [0.2, 0.25) is 0 Å². The van der Waals surface area contributed by atoms with E-state index in [1.165, 1.54) is 0 Å². The molecule has 3 aromatic rings. The maximum absolute atomic E-state index is 5.71. The molecule has 3 nitrogen and oxygen atoms in total. The lowest BCUT2D eigenvalue weighted by molar-refractivity contribution is 1.28. The average Bonchev–Trinajstić information content (AvgIpc) is 2.49. The van der Waals surface area contributed by atoms with Gasteiger partial charge in [0.05, 0.1) is 5.69 Å². The van der Waals surface area contributed by atoms with Crippen LogP contribution < -0.4 is 5.73 Å². The molecule has 0 saturated heterocycles. The molecule has 0 aliphatic carbocycles. The fourth-order valence-corrected chi connectivity index (χ4v) is 1.96. The molecule has 0 fully saturated rings. The highest BCUT2D eigenvalue weighted by Crippen LogP contribution is 2.24. The summed E-state index contributed by atoms with van der Waals surface area (Å²) < 4.78 is 0. The predicted octanol–water partition coefficient (Wildman–Crippen LogP) is 3.39. The summed E-state index contributed by atoms with van der Waals surface area (Å²) in [5, 5.41) is 0. The summed E-state index contributed by atoms with van der Waals surface area (Å²) in [6, 6.07) is 15.8. The minimum absolute atomic E-state index is 0.769. The Kier molecular flexibility index (Phi) is 2.94. The van der Waals surface area contributed by atoms with Gasteiger partial charge in [-0.15, -0.1) is 0 Å². The molecule has 0 saturated carbocycles. The molecule has 3 rings (SSSR count). The number of aromatic nitrogens is 2. The van der Waals surface area contributed by atoms with Gasteiger partial charge in [0, 0.05) is 29.8 Å². The number of benzene rings is 1. The molecule has 0 amide bonds. The molecule has 3 heteroatoms. The first-order valence-electron chi connectivity index (χ1n) is 6.05. The second kappa shape index (κ2) is 4.90. The van der Waals surface area contributed by atoms with E-state index in [0.29, 0.717) is 0 Å². The van der Waals surface area contributed by atoms with Gasteiger partial charge in [-0.2, -0.15) is 0 Å². The summed E-state index contributed by atoms with van der Waals surface area (Å²) in [5.41, 5.74) is 10.7. The third kappa shape index (κ3) is 2.45. The second-order valence-electron chi connectivity index (χ2n) is 4.29. The van der Waals surface area contributed by atoms with Crippen LogP contribution in [0.3, 0.4) is 0 Å². The van der Waals surface area contributed by atoms with E-state index in [1.807, 2.05) is 54.9 Å². The first kappa shape index (κ1) is 11.4. The lowest BCUT2D eigenvalue weighted by Crippen LogP contribution is -1.87. The van der Waals surface area contributed by atoms with Crippen molar-refractivity contribution in [3.63, 3.8) is 0 Å². The van der Waals surface area contributed by atoms with Crippen LogP contribution in [0.25, 0.3) is 22.4 Å². The van der Waals surface area contributed by atoms with Crippen molar-refractivity contribution in [3.05, 3.63) is 67.1 Å². The van der Waals surface area contributed by atoms with Gasteiger partial charge < -0.3 is 5.73 Å². The summed E-state index contributed by atoms with van der Waals surface area (Å²) in [6.45, 7) is 0. The number of hydrogen-bond acceptors (Lipinski definition) is 3. The zero-order chi connectivity index (χ0) is 13.1. The van der Waals surface area contributed by atoms with E-state index in [2.05, 4.69) is 16.0 Å². The van der Waals surface area contributed by atoms with Crippen LogP contribution >= 0.6 is 0 Å². The maximum atomic E-state index is 5.71. The third-order valence-corrected chi connectivity index (χ3v) is 2.96. The van der Waals surface area contributed by atoms with Gasteiger partial charge in [-0.3, -0.25) is 9.97 Å². The van der Waals surface area contributed by atoms with Gasteiger partial charge in [-0.05, 0) is 47.5 Å². The molecule has 0 aliphatic heterocycles. The Morgan fingerprint density at radius 2 is 1.63 bits per heavy atom. The van der Waals surface area contributed by atoms with Gasteiger partial charge in [0.15, 0.2) is 0 Å². The molecule has 0 radical (unpaired) electrons. The van der Waals surface area contributed by atoms with E-state index in [0.717, 1.165) is 28.1 Å². The number of nitrogens with zero attached hydrogens (tertiary/aromatic N) is 2.